The van der Waals surface area contributed by atoms with Crippen LogP contribution >= 0.6 is 0 Å². The molecule has 0 radical (unpaired) electrons. The van der Waals surface area contributed by atoms with Crippen LogP contribution in [0.5, 0.6) is 0 Å². The van der Waals surface area contributed by atoms with Crippen molar-refractivity contribution in [2.45, 2.75) is 26.3 Å². The van der Waals surface area contributed by atoms with Crippen LogP contribution in [0.4, 0.5) is 5.69 Å². The predicted molar refractivity (Wildman–Crippen MR) is 66.4 cm³/mol. The van der Waals surface area contributed by atoms with Gasteiger partial charge in [-0.05, 0) is 25.5 Å². The van der Waals surface area contributed by atoms with Gasteiger partial charge >= 0.3 is 0 Å². The largest absolute Gasteiger partial charge is 0.395 e. The van der Waals surface area contributed by atoms with Crippen LogP contribution in [0.1, 0.15) is 32.0 Å². The molecule has 1 aromatic heterocycles. The molecule has 0 fully saturated rings. The van der Waals surface area contributed by atoms with E-state index < -0.39 is 0 Å². The van der Waals surface area contributed by atoms with Crippen LogP contribution in [0.3, 0.4) is 0 Å². The Kier molecular flexibility index (Phi) is 5.22. The molecule has 0 saturated carbocycles. The molecule has 0 unspecified atom stereocenters. The van der Waals surface area contributed by atoms with Crippen molar-refractivity contribution in [1.82, 2.24) is 4.98 Å². The van der Waals surface area contributed by atoms with Gasteiger partial charge in [-0.2, -0.15) is 0 Å². The third-order valence-electron chi connectivity index (χ3n) is 2.71. The van der Waals surface area contributed by atoms with Gasteiger partial charge in [0.25, 0.3) is 0 Å². The standard InChI is InChI=1S/C12H21N3O/c1-3-11(13)12-6-5-10(9-14-12)15(4-2)7-8-16/h5-6,9,11,16H,3-4,7-8,13H2,1-2H3/t11-/m0/s1. The molecule has 0 saturated heterocycles. The maximum atomic E-state index is 8.93. The highest BCUT2D eigenvalue weighted by molar-refractivity contribution is 5.44. The summed E-state index contributed by atoms with van der Waals surface area (Å²) in [6.45, 7) is 5.76. The van der Waals surface area contributed by atoms with E-state index in [2.05, 4.69) is 16.8 Å². The Morgan fingerprint density at radius 3 is 2.62 bits per heavy atom. The number of hydrogen-bond donors (Lipinski definition) is 2. The van der Waals surface area contributed by atoms with Crippen LogP contribution < -0.4 is 10.6 Å². The van der Waals surface area contributed by atoms with Gasteiger partial charge in [0.1, 0.15) is 0 Å². The minimum Gasteiger partial charge on any atom is -0.395 e. The lowest BCUT2D eigenvalue weighted by Gasteiger charge is -2.22. The molecule has 1 rings (SSSR count). The van der Waals surface area contributed by atoms with Crippen molar-refractivity contribution >= 4 is 5.69 Å². The highest BCUT2D eigenvalue weighted by atomic mass is 16.3. The first kappa shape index (κ1) is 12.9. The Balaban J connectivity index is 2.76. The number of aromatic nitrogens is 1. The highest BCUT2D eigenvalue weighted by Crippen LogP contribution is 2.16. The Labute approximate surface area is 97.1 Å². The lowest BCUT2D eigenvalue weighted by molar-refractivity contribution is 0.302. The molecule has 0 aliphatic heterocycles. The number of aliphatic hydroxyl groups is 1. The molecule has 1 heterocycles. The van der Waals surface area contributed by atoms with Crippen molar-refractivity contribution in [3.8, 4) is 0 Å². The number of hydrogen-bond acceptors (Lipinski definition) is 4. The summed E-state index contributed by atoms with van der Waals surface area (Å²) in [5, 5.41) is 8.93. The smallest absolute Gasteiger partial charge is 0.0606 e. The predicted octanol–water partition coefficient (Wildman–Crippen LogP) is 1.31. The summed E-state index contributed by atoms with van der Waals surface area (Å²) in [5.41, 5.74) is 7.85. The van der Waals surface area contributed by atoms with Gasteiger partial charge in [-0.1, -0.05) is 6.92 Å². The van der Waals surface area contributed by atoms with Crippen molar-refractivity contribution in [1.29, 1.82) is 0 Å². The van der Waals surface area contributed by atoms with Crippen molar-refractivity contribution < 1.29 is 5.11 Å². The van der Waals surface area contributed by atoms with Gasteiger partial charge in [0.05, 0.1) is 24.2 Å². The summed E-state index contributed by atoms with van der Waals surface area (Å²) in [4.78, 5) is 6.43. The van der Waals surface area contributed by atoms with E-state index in [0.29, 0.717) is 6.54 Å². The SMILES string of the molecule is CC[C@H](N)c1ccc(N(CC)CCO)cn1. The normalized spacial score (nSPS) is 12.5. The van der Waals surface area contributed by atoms with E-state index in [1.165, 1.54) is 0 Å². The number of nitrogens with zero attached hydrogens (tertiary/aromatic N) is 2. The summed E-state index contributed by atoms with van der Waals surface area (Å²) >= 11 is 0. The lowest BCUT2D eigenvalue weighted by Crippen LogP contribution is -2.26. The Hall–Kier alpha value is -1.13. The van der Waals surface area contributed by atoms with Crippen LogP contribution in [0, 0.1) is 0 Å². The zero-order valence-electron chi connectivity index (χ0n) is 10.1. The van der Waals surface area contributed by atoms with Crippen molar-refractivity contribution in [3.05, 3.63) is 24.0 Å². The number of aliphatic hydroxyl groups excluding tert-OH is 1. The molecule has 0 spiro atoms. The maximum absolute atomic E-state index is 8.93. The van der Waals surface area contributed by atoms with Crippen LogP contribution in [0.25, 0.3) is 0 Å². The Bertz CT molecular complexity index is 300. The number of anilines is 1. The third kappa shape index (κ3) is 3.18. The van der Waals surface area contributed by atoms with Gasteiger partial charge in [-0.3, -0.25) is 4.98 Å². The van der Waals surface area contributed by atoms with E-state index in [1.54, 1.807) is 0 Å². The fourth-order valence-electron chi connectivity index (χ4n) is 1.60. The van der Waals surface area contributed by atoms with Crippen LogP contribution in [0.2, 0.25) is 0 Å². The second-order valence-corrected chi connectivity index (χ2v) is 3.76. The number of rotatable bonds is 6. The van der Waals surface area contributed by atoms with Crippen molar-refractivity contribution in [3.63, 3.8) is 0 Å². The van der Waals surface area contributed by atoms with E-state index in [9.17, 15) is 0 Å². The van der Waals surface area contributed by atoms with E-state index in [0.717, 1.165) is 24.3 Å². The van der Waals surface area contributed by atoms with Crippen LogP contribution in [-0.2, 0) is 0 Å². The van der Waals surface area contributed by atoms with E-state index in [4.69, 9.17) is 10.8 Å². The molecule has 16 heavy (non-hydrogen) atoms. The molecule has 1 atom stereocenters. The van der Waals surface area contributed by atoms with Gasteiger partial charge in [-0.25, -0.2) is 0 Å². The van der Waals surface area contributed by atoms with Gasteiger partial charge < -0.3 is 15.7 Å². The summed E-state index contributed by atoms with van der Waals surface area (Å²) in [6, 6.07) is 3.99. The number of likely N-dealkylation sites (N-methyl/N-ethyl adjacent to an activating group) is 1. The summed E-state index contributed by atoms with van der Waals surface area (Å²) < 4.78 is 0. The number of nitrogens with two attached hydrogens (primary N) is 1. The van der Waals surface area contributed by atoms with E-state index >= 15 is 0 Å². The molecule has 0 bridgehead atoms. The van der Waals surface area contributed by atoms with Crippen molar-refractivity contribution in [2.75, 3.05) is 24.6 Å². The molecule has 4 nitrogen and oxygen atoms in total. The molecule has 0 aromatic carbocycles. The average molecular weight is 223 g/mol. The average Bonchev–Trinajstić information content (AvgIpc) is 2.35. The van der Waals surface area contributed by atoms with Crippen LogP contribution in [-0.4, -0.2) is 29.8 Å². The molecule has 0 aliphatic carbocycles. The Morgan fingerprint density at radius 2 is 2.19 bits per heavy atom. The topological polar surface area (TPSA) is 62.4 Å². The molecule has 90 valence electrons. The first-order chi connectivity index (χ1) is 7.72. The fraction of sp³-hybridized carbons (Fsp3) is 0.583. The molecule has 1 aromatic rings. The zero-order valence-corrected chi connectivity index (χ0v) is 10.1. The second-order valence-electron chi connectivity index (χ2n) is 3.76. The Morgan fingerprint density at radius 1 is 1.44 bits per heavy atom. The summed E-state index contributed by atoms with van der Waals surface area (Å²) in [7, 11) is 0. The molecular weight excluding hydrogens is 202 g/mol. The third-order valence-corrected chi connectivity index (χ3v) is 2.71. The van der Waals surface area contributed by atoms with Gasteiger partial charge in [0.15, 0.2) is 0 Å². The fourth-order valence-corrected chi connectivity index (χ4v) is 1.60. The van der Waals surface area contributed by atoms with Crippen LogP contribution in [0.15, 0.2) is 18.3 Å². The molecule has 3 N–H and O–H groups in total. The quantitative estimate of drug-likeness (QED) is 0.763. The first-order valence-electron chi connectivity index (χ1n) is 5.80. The van der Waals surface area contributed by atoms with Gasteiger partial charge in [0.2, 0.25) is 0 Å². The maximum Gasteiger partial charge on any atom is 0.0606 e. The van der Waals surface area contributed by atoms with E-state index in [1.807, 2.05) is 25.3 Å². The van der Waals surface area contributed by atoms with Gasteiger partial charge in [-0.15, -0.1) is 0 Å². The highest BCUT2D eigenvalue weighted by Gasteiger charge is 2.07. The number of pyridine rings is 1. The zero-order chi connectivity index (χ0) is 12.0. The summed E-state index contributed by atoms with van der Waals surface area (Å²) in [5.74, 6) is 0. The lowest BCUT2D eigenvalue weighted by atomic mass is 10.1. The molecule has 4 heteroatoms. The summed E-state index contributed by atoms with van der Waals surface area (Å²) in [6.07, 6.45) is 2.71. The monoisotopic (exact) mass is 223 g/mol. The second kappa shape index (κ2) is 6.45. The van der Waals surface area contributed by atoms with Crippen molar-refractivity contribution in [2.24, 2.45) is 5.73 Å². The first-order valence-corrected chi connectivity index (χ1v) is 5.80. The minimum atomic E-state index is 0.0157. The molecular formula is C12H21N3O. The molecule has 0 aliphatic rings. The molecule has 0 amide bonds. The van der Waals surface area contributed by atoms with E-state index in [-0.39, 0.29) is 12.6 Å². The minimum absolute atomic E-state index is 0.0157. The van der Waals surface area contributed by atoms with Gasteiger partial charge in [0, 0.05) is 19.1 Å².